The number of carbonyl (C=O) groups is 1. The molecule has 2 aliphatic rings. The van der Waals surface area contributed by atoms with Gasteiger partial charge in [-0.25, -0.2) is 9.97 Å². The van der Waals surface area contributed by atoms with Crippen molar-refractivity contribution in [2.24, 2.45) is 5.92 Å². The first-order chi connectivity index (χ1) is 11.7. The topological polar surface area (TPSA) is 81.1 Å². The molecule has 0 N–H and O–H groups in total. The summed E-state index contributed by atoms with van der Waals surface area (Å²) in [6.07, 6.45) is 6.80. The standard InChI is InChI=1S/C17H19N5O2/c1-11-18-5-3-14(21-11)15-8-12-4-7-22(10-16(12)24-15)17(23)13-2-6-19-20-9-13/h2-3,5-6,9,12,15-16H,4,7-8,10H2,1H3/t12-,15+,16+/m1/s1. The van der Waals surface area contributed by atoms with E-state index in [9.17, 15) is 4.79 Å². The van der Waals surface area contributed by atoms with Gasteiger partial charge in [-0.3, -0.25) is 4.79 Å². The van der Waals surface area contributed by atoms with E-state index in [0.717, 1.165) is 30.9 Å². The Morgan fingerprint density at radius 2 is 2.21 bits per heavy atom. The molecule has 7 nitrogen and oxygen atoms in total. The lowest BCUT2D eigenvalue weighted by Gasteiger charge is -2.34. The number of aromatic nitrogens is 4. The number of nitrogens with zero attached hydrogens (tertiary/aromatic N) is 5. The second-order valence-electron chi connectivity index (χ2n) is 6.36. The molecule has 2 aromatic heterocycles. The molecule has 0 aromatic carbocycles. The Morgan fingerprint density at radius 1 is 1.29 bits per heavy atom. The van der Waals surface area contributed by atoms with Gasteiger partial charge in [0.1, 0.15) is 11.9 Å². The number of amides is 1. The molecule has 3 atom stereocenters. The van der Waals surface area contributed by atoms with Crippen LogP contribution in [-0.2, 0) is 4.74 Å². The van der Waals surface area contributed by atoms with Gasteiger partial charge in [-0.15, -0.1) is 0 Å². The second kappa shape index (κ2) is 6.24. The average Bonchev–Trinajstić information content (AvgIpc) is 3.05. The summed E-state index contributed by atoms with van der Waals surface area (Å²) in [6.45, 7) is 3.25. The third-order valence-electron chi connectivity index (χ3n) is 4.80. The second-order valence-corrected chi connectivity index (χ2v) is 6.36. The molecule has 2 aliphatic heterocycles. The zero-order chi connectivity index (χ0) is 16.5. The molecule has 2 saturated heterocycles. The minimum absolute atomic E-state index is 0.000607. The van der Waals surface area contributed by atoms with Gasteiger partial charge in [0.25, 0.3) is 5.91 Å². The van der Waals surface area contributed by atoms with E-state index < -0.39 is 0 Å². The highest BCUT2D eigenvalue weighted by Gasteiger charge is 2.41. The number of likely N-dealkylation sites (tertiary alicyclic amines) is 1. The number of carbonyl (C=O) groups excluding carboxylic acids is 1. The fraction of sp³-hybridized carbons (Fsp3) is 0.471. The van der Waals surface area contributed by atoms with Crippen LogP contribution in [0.1, 0.15) is 40.8 Å². The third kappa shape index (κ3) is 2.87. The number of hydrogen-bond donors (Lipinski definition) is 0. The molecule has 0 aliphatic carbocycles. The highest BCUT2D eigenvalue weighted by atomic mass is 16.5. The molecule has 2 fully saturated rings. The molecule has 2 aromatic rings. The molecule has 0 spiro atoms. The van der Waals surface area contributed by atoms with E-state index in [1.54, 1.807) is 18.5 Å². The number of piperidine rings is 1. The molecule has 4 rings (SSSR count). The SMILES string of the molecule is Cc1nccc([C@@H]2C[C@H]3CCN(C(=O)c4ccnnc4)C[C@@H]3O2)n1. The van der Waals surface area contributed by atoms with Crippen molar-refractivity contribution < 1.29 is 9.53 Å². The molecule has 1 amide bonds. The predicted octanol–water partition coefficient (Wildman–Crippen LogP) is 1.57. The third-order valence-corrected chi connectivity index (χ3v) is 4.80. The van der Waals surface area contributed by atoms with Crippen LogP contribution >= 0.6 is 0 Å². The molecular weight excluding hydrogens is 306 g/mol. The zero-order valence-corrected chi connectivity index (χ0v) is 13.5. The van der Waals surface area contributed by atoms with Crippen LogP contribution in [0.25, 0.3) is 0 Å². The van der Waals surface area contributed by atoms with E-state index in [1.807, 2.05) is 17.9 Å². The Hall–Kier alpha value is -2.41. The van der Waals surface area contributed by atoms with Gasteiger partial charge < -0.3 is 9.64 Å². The van der Waals surface area contributed by atoms with Crippen molar-refractivity contribution in [2.45, 2.75) is 32.0 Å². The lowest BCUT2D eigenvalue weighted by Crippen LogP contribution is -2.45. The maximum absolute atomic E-state index is 12.6. The number of aryl methyl sites for hydroxylation is 1. The lowest BCUT2D eigenvalue weighted by molar-refractivity contribution is -0.00570. The Labute approximate surface area is 140 Å². The summed E-state index contributed by atoms with van der Waals surface area (Å²) in [5, 5.41) is 7.50. The minimum Gasteiger partial charge on any atom is -0.367 e. The largest absolute Gasteiger partial charge is 0.367 e. The van der Waals surface area contributed by atoms with Gasteiger partial charge in [-0.1, -0.05) is 0 Å². The van der Waals surface area contributed by atoms with Crippen molar-refractivity contribution in [1.82, 2.24) is 25.1 Å². The summed E-state index contributed by atoms with van der Waals surface area (Å²) in [4.78, 5) is 23.0. The maximum Gasteiger partial charge on any atom is 0.255 e. The first-order valence-electron chi connectivity index (χ1n) is 8.21. The van der Waals surface area contributed by atoms with Crippen LogP contribution in [0.3, 0.4) is 0 Å². The number of rotatable bonds is 2. The fourth-order valence-electron chi connectivity index (χ4n) is 3.56. The number of ether oxygens (including phenoxy) is 1. The Bertz CT molecular complexity index is 739. The fourth-order valence-corrected chi connectivity index (χ4v) is 3.56. The first kappa shape index (κ1) is 15.1. The molecule has 0 radical (unpaired) electrons. The van der Waals surface area contributed by atoms with Crippen LogP contribution < -0.4 is 0 Å². The van der Waals surface area contributed by atoms with E-state index in [4.69, 9.17) is 4.74 Å². The summed E-state index contributed by atoms with van der Waals surface area (Å²) in [6, 6.07) is 3.62. The van der Waals surface area contributed by atoms with Crippen LogP contribution in [0.2, 0.25) is 0 Å². The molecule has 0 bridgehead atoms. The predicted molar refractivity (Wildman–Crippen MR) is 85.0 cm³/mol. The van der Waals surface area contributed by atoms with E-state index in [-0.39, 0.29) is 18.1 Å². The van der Waals surface area contributed by atoms with Crippen LogP contribution in [0, 0.1) is 12.8 Å². The van der Waals surface area contributed by atoms with Gasteiger partial charge in [-0.2, -0.15) is 10.2 Å². The van der Waals surface area contributed by atoms with Gasteiger partial charge >= 0.3 is 0 Å². The molecule has 124 valence electrons. The first-order valence-corrected chi connectivity index (χ1v) is 8.21. The quantitative estimate of drug-likeness (QED) is 0.833. The molecule has 7 heteroatoms. The summed E-state index contributed by atoms with van der Waals surface area (Å²) in [5.41, 5.74) is 1.51. The summed E-state index contributed by atoms with van der Waals surface area (Å²) in [7, 11) is 0. The van der Waals surface area contributed by atoms with Gasteiger partial charge in [0.05, 0.1) is 29.8 Å². The highest BCUT2D eigenvalue weighted by molar-refractivity contribution is 5.93. The maximum atomic E-state index is 12.6. The van der Waals surface area contributed by atoms with Crippen molar-refractivity contribution in [3.05, 3.63) is 47.8 Å². The van der Waals surface area contributed by atoms with Gasteiger partial charge in [0.2, 0.25) is 0 Å². The van der Waals surface area contributed by atoms with Crippen LogP contribution in [0.5, 0.6) is 0 Å². The smallest absolute Gasteiger partial charge is 0.255 e. The molecule has 0 unspecified atom stereocenters. The zero-order valence-electron chi connectivity index (χ0n) is 13.5. The molecule has 24 heavy (non-hydrogen) atoms. The van der Waals surface area contributed by atoms with E-state index in [1.165, 1.54) is 6.20 Å². The molecule has 4 heterocycles. The minimum atomic E-state index is -0.00622. The Balaban J connectivity index is 1.45. The Morgan fingerprint density at radius 3 is 3.00 bits per heavy atom. The Kier molecular flexibility index (Phi) is 3.93. The molecule has 0 saturated carbocycles. The van der Waals surface area contributed by atoms with Crippen molar-refractivity contribution in [1.29, 1.82) is 0 Å². The van der Waals surface area contributed by atoms with Gasteiger partial charge in [0.15, 0.2) is 0 Å². The number of hydrogen-bond acceptors (Lipinski definition) is 6. The average molecular weight is 325 g/mol. The van der Waals surface area contributed by atoms with Gasteiger partial charge in [-0.05, 0) is 37.8 Å². The van der Waals surface area contributed by atoms with Gasteiger partial charge in [0, 0.05) is 19.3 Å². The summed E-state index contributed by atoms with van der Waals surface area (Å²) >= 11 is 0. The van der Waals surface area contributed by atoms with E-state index in [0.29, 0.717) is 18.0 Å². The van der Waals surface area contributed by atoms with Crippen LogP contribution in [-0.4, -0.2) is 50.2 Å². The van der Waals surface area contributed by atoms with Crippen molar-refractivity contribution >= 4 is 5.91 Å². The summed E-state index contributed by atoms with van der Waals surface area (Å²) < 4.78 is 6.21. The van der Waals surface area contributed by atoms with Crippen LogP contribution in [0.4, 0.5) is 0 Å². The van der Waals surface area contributed by atoms with Crippen molar-refractivity contribution in [2.75, 3.05) is 13.1 Å². The normalized spacial score (nSPS) is 26.2. The monoisotopic (exact) mass is 325 g/mol. The van der Waals surface area contributed by atoms with Crippen LogP contribution in [0.15, 0.2) is 30.7 Å². The number of fused-ring (bicyclic) bond motifs is 1. The van der Waals surface area contributed by atoms with Crippen molar-refractivity contribution in [3.63, 3.8) is 0 Å². The highest BCUT2D eigenvalue weighted by Crippen LogP contribution is 2.40. The van der Waals surface area contributed by atoms with E-state index >= 15 is 0 Å². The summed E-state index contributed by atoms with van der Waals surface area (Å²) in [5.74, 6) is 1.23. The van der Waals surface area contributed by atoms with Crippen molar-refractivity contribution in [3.8, 4) is 0 Å². The lowest BCUT2D eigenvalue weighted by atomic mass is 9.91. The molecular formula is C17H19N5O2. The van der Waals surface area contributed by atoms with E-state index in [2.05, 4.69) is 20.2 Å².